The van der Waals surface area contributed by atoms with E-state index in [0.29, 0.717) is 25.3 Å². The van der Waals surface area contributed by atoms with Gasteiger partial charge in [-0.05, 0) is 29.8 Å². The molecule has 0 saturated carbocycles. The molecule has 1 aliphatic heterocycles. The summed E-state index contributed by atoms with van der Waals surface area (Å²) in [5.74, 6) is 0.415. The minimum absolute atomic E-state index is 0.0766. The van der Waals surface area contributed by atoms with Crippen molar-refractivity contribution in [2.24, 2.45) is 0 Å². The Kier molecular flexibility index (Phi) is 5.73. The van der Waals surface area contributed by atoms with E-state index in [9.17, 15) is 9.59 Å². The van der Waals surface area contributed by atoms with E-state index in [-0.39, 0.29) is 12.6 Å². The highest BCUT2D eigenvalue weighted by atomic mass is 16.6. The molecule has 0 radical (unpaired) electrons. The summed E-state index contributed by atoms with van der Waals surface area (Å²) >= 11 is 0. The number of esters is 1. The van der Waals surface area contributed by atoms with Crippen molar-refractivity contribution >= 4 is 17.7 Å². The lowest BCUT2D eigenvalue weighted by molar-refractivity contribution is -0.145. The number of carbonyl (C=O) groups is 2. The molecule has 6 heteroatoms. The van der Waals surface area contributed by atoms with Crippen LogP contribution in [0.3, 0.4) is 0 Å². The minimum atomic E-state index is -0.452. The van der Waals surface area contributed by atoms with Crippen LogP contribution in [0.25, 0.3) is 0 Å². The van der Waals surface area contributed by atoms with Gasteiger partial charge in [-0.15, -0.1) is 0 Å². The van der Waals surface area contributed by atoms with E-state index >= 15 is 0 Å². The van der Waals surface area contributed by atoms with Crippen LogP contribution in [0.1, 0.15) is 18.9 Å². The summed E-state index contributed by atoms with van der Waals surface area (Å²) < 4.78 is 16.0. The normalized spacial score (nSPS) is 16.3. The molecule has 6 nitrogen and oxygen atoms in total. The first-order valence-corrected chi connectivity index (χ1v) is 8.56. The number of hydrogen-bond acceptors (Lipinski definition) is 5. The second-order valence-electron chi connectivity index (χ2n) is 5.92. The van der Waals surface area contributed by atoms with E-state index in [0.717, 1.165) is 11.3 Å². The number of hydrogen-bond donors (Lipinski definition) is 0. The summed E-state index contributed by atoms with van der Waals surface area (Å²) in [7, 11) is 0. The number of rotatable bonds is 7. The van der Waals surface area contributed by atoms with E-state index in [4.69, 9.17) is 14.2 Å². The number of ether oxygens (including phenoxy) is 3. The zero-order valence-corrected chi connectivity index (χ0v) is 14.6. The monoisotopic (exact) mass is 355 g/mol. The highest BCUT2D eigenvalue weighted by molar-refractivity contribution is 5.89. The fraction of sp³-hybridized carbons (Fsp3) is 0.300. The maximum atomic E-state index is 12.0. The van der Waals surface area contributed by atoms with Gasteiger partial charge < -0.3 is 14.2 Å². The number of carbonyl (C=O) groups excluding carboxylic acids is 2. The number of anilines is 1. The predicted octanol–water partition coefficient (Wildman–Crippen LogP) is 3.54. The fourth-order valence-electron chi connectivity index (χ4n) is 2.57. The van der Waals surface area contributed by atoms with Crippen LogP contribution < -0.4 is 9.64 Å². The molecule has 0 aliphatic carbocycles. The molecule has 0 spiro atoms. The molecule has 0 aromatic heterocycles. The summed E-state index contributed by atoms with van der Waals surface area (Å²) in [6.45, 7) is 2.63. The molecule has 1 atom stereocenters. The third-order valence-corrected chi connectivity index (χ3v) is 3.99. The van der Waals surface area contributed by atoms with Gasteiger partial charge in [0, 0.05) is 12.1 Å². The van der Waals surface area contributed by atoms with Crippen LogP contribution in [0.2, 0.25) is 0 Å². The molecule has 2 aromatic carbocycles. The van der Waals surface area contributed by atoms with E-state index in [2.05, 4.69) is 0 Å². The Morgan fingerprint density at radius 3 is 2.58 bits per heavy atom. The van der Waals surface area contributed by atoms with Crippen LogP contribution in [0, 0.1) is 0 Å². The number of benzene rings is 2. The predicted molar refractivity (Wildman–Crippen MR) is 96.1 cm³/mol. The minimum Gasteiger partial charge on any atom is -0.489 e. The standard InChI is InChI=1S/C20H21NO5/c1-2-19(22)25-14-18-12-21(20(23)26-18)16-8-10-17(11-9-16)24-13-15-6-4-3-5-7-15/h3-11,18H,2,12-14H2,1H3. The Bertz CT molecular complexity index is 745. The van der Waals surface area contributed by atoms with Gasteiger partial charge in [0.15, 0.2) is 6.10 Å². The Labute approximate surface area is 152 Å². The third-order valence-electron chi connectivity index (χ3n) is 3.99. The lowest BCUT2D eigenvalue weighted by Gasteiger charge is -2.14. The van der Waals surface area contributed by atoms with Crippen molar-refractivity contribution in [3.05, 3.63) is 60.2 Å². The smallest absolute Gasteiger partial charge is 0.414 e. The number of cyclic esters (lactones) is 1. The van der Waals surface area contributed by atoms with Crippen molar-refractivity contribution < 1.29 is 23.8 Å². The van der Waals surface area contributed by atoms with E-state index in [1.165, 1.54) is 4.90 Å². The fourth-order valence-corrected chi connectivity index (χ4v) is 2.57. The first-order chi connectivity index (χ1) is 12.7. The van der Waals surface area contributed by atoms with Crippen molar-refractivity contribution in [2.45, 2.75) is 26.1 Å². The molecule has 136 valence electrons. The summed E-state index contributed by atoms with van der Waals surface area (Å²) in [5.41, 5.74) is 1.80. The molecule has 1 heterocycles. The first kappa shape index (κ1) is 17.8. The van der Waals surface area contributed by atoms with Crippen molar-refractivity contribution in [3.8, 4) is 5.75 Å². The Balaban J connectivity index is 1.54. The largest absolute Gasteiger partial charge is 0.489 e. The van der Waals surface area contributed by atoms with Crippen molar-refractivity contribution in [3.63, 3.8) is 0 Å². The van der Waals surface area contributed by atoms with Gasteiger partial charge in [0.25, 0.3) is 0 Å². The van der Waals surface area contributed by atoms with Crippen molar-refractivity contribution in [1.29, 1.82) is 0 Å². The molecule has 26 heavy (non-hydrogen) atoms. The Morgan fingerprint density at radius 1 is 1.15 bits per heavy atom. The first-order valence-electron chi connectivity index (χ1n) is 8.56. The molecular weight excluding hydrogens is 334 g/mol. The van der Waals surface area contributed by atoms with E-state index in [1.54, 1.807) is 6.92 Å². The molecule has 2 aromatic rings. The quantitative estimate of drug-likeness (QED) is 0.711. The van der Waals surface area contributed by atoms with Crippen molar-refractivity contribution in [2.75, 3.05) is 18.1 Å². The molecule has 1 amide bonds. The molecule has 1 fully saturated rings. The van der Waals surface area contributed by atoms with E-state index in [1.807, 2.05) is 54.6 Å². The maximum absolute atomic E-state index is 12.0. The van der Waals surface area contributed by atoms with Crippen LogP contribution in [0.5, 0.6) is 5.75 Å². The second kappa shape index (κ2) is 8.38. The zero-order chi connectivity index (χ0) is 18.4. The Morgan fingerprint density at radius 2 is 1.88 bits per heavy atom. The SMILES string of the molecule is CCC(=O)OCC1CN(c2ccc(OCc3ccccc3)cc2)C(=O)O1. The van der Waals surface area contributed by atoms with Gasteiger partial charge in [-0.3, -0.25) is 9.69 Å². The van der Waals surface area contributed by atoms with Crippen LogP contribution in [-0.2, 0) is 20.9 Å². The topological polar surface area (TPSA) is 65.1 Å². The number of amides is 1. The molecule has 0 N–H and O–H groups in total. The van der Waals surface area contributed by atoms with Gasteiger partial charge >= 0.3 is 12.1 Å². The van der Waals surface area contributed by atoms with Gasteiger partial charge in [0.2, 0.25) is 0 Å². The zero-order valence-electron chi connectivity index (χ0n) is 14.6. The molecule has 1 aliphatic rings. The highest BCUT2D eigenvalue weighted by Crippen LogP contribution is 2.24. The molecule has 1 saturated heterocycles. The van der Waals surface area contributed by atoms with Crippen LogP contribution in [0.4, 0.5) is 10.5 Å². The summed E-state index contributed by atoms with van der Waals surface area (Å²) in [4.78, 5) is 24.8. The second-order valence-corrected chi connectivity index (χ2v) is 5.92. The lowest BCUT2D eigenvalue weighted by Crippen LogP contribution is -2.26. The molecule has 3 rings (SSSR count). The summed E-state index contributed by atoms with van der Waals surface area (Å²) in [5, 5.41) is 0. The van der Waals surface area contributed by atoms with E-state index < -0.39 is 12.2 Å². The number of nitrogens with zero attached hydrogens (tertiary/aromatic N) is 1. The van der Waals surface area contributed by atoms with Gasteiger partial charge in [-0.1, -0.05) is 37.3 Å². The highest BCUT2D eigenvalue weighted by Gasteiger charge is 2.33. The van der Waals surface area contributed by atoms with Gasteiger partial charge in [-0.2, -0.15) is 0 Å². The maximum Gasteiger partial charge on any atom is 0.414 e. The summed E-state index contributed by atoms with van der Waals surface area (Å²) in [6.07, 6.45) is -0.595. The molecular formula is C20H21NO5. The van der Waals surface area contributed by atoms with Gasteiger partial charge in [-0.25, -0.2) is 4.79 Å². The summed E-state index contributed by atoms with van der Waals surface area (Å²) in [6, 6.07) is 17.1. The van der Waals surface area contributed by atoms with Crippen LogP contribution in [-0.4, -0.2) is 31.3 Å². The van der Waals surface area contributed by atoms with Crippen LogP contribution in [0.15, 0.2) is 54.6 Å². The van der Waals surface area contributed by atoms with Crippen LogP contribution >= 0.6 is 0 Å². The molecule has 1 unspecified atom stereocenters. The Hall–Kier alpha value is -3.02. The molecule has 0 bridgehead atoms. The van der Waals surface area contributed by atoms with Crippen molar-refractivity contribution in [1.82, 2.24) is 0 Å². The third kappa shape index (κ3) is 4.53. The van der Waals surface area contributed by atoms with Gasteiger partial charge in [0.05, 0.1) is 6.54 Å². The lowest BCUT2D eigenvalue weighted by atomic mass is 10.2. The average Bonchev–Trinajstić information content (AvgIpc) is 3.06. The average molecular weight is 355 g/mol. The van der Waals surface area contributed by atoms with Gasteiger partial charge in [0.1, 0.15) is 19.0 Å².